The number of aliphatic imine (C=N–C) groups is 1. The number of aromatic nitrogens is 2. The minimum absolute atomic E-state index is 0.0567. The molecule has 1 N–H and O–H groups in total. The third-order valence-corrected chi connectivity index (χ3v) is 8.47. The number of nitrogens with zero attached hydrogens (tertiary/aromatic N) is 3. The number of sulfonamides is 1. The lowest BCUT2D eigenvalue weighted by Crippen LogP contribution is -2.26. The van der Waals surface area contributed by atoms with E-state index in [-0.39, 0.29) is 9.59 Å². The third-order valence-electron chi connectivity index (χ3n) is 4.27. The molecule has 1 atom stereocenters. The molecule has 10 heteroatoms. The van der Waals surface area contributed by atoms with Crippen LogP contribution in [-0.4, -0.2) is 48.6 Å². The highest BCUT2D eigenvalue weighted by molar-refractivity contribution is 8.15. The maximum absolute atomic E-state index is 12.8. The summed E-state index contributed by atoms with van der Waals surface area (Å²) in [6, 6.07) is 7.46. The van der Waals surface area contributed by atoms with E-state index < -0.39 is 10.0 Å². The van der Waals surface area contributed by atoms with Gasteiger partial charge in [-0.3, -0.25) is 9.30 Å². The number of carbonyl (C=O) groups excluding carboxylic acids is 1. The van der Waals surface area contributed by atoms with E-state index in [1.165, 1.54) is 17.5 Å². The molecule has 0 radical (unpaired) electrons. The first kappa shape index (κ1) is 18.2. The fraction of sp³-hybridized carbons (Fsp3) is 0.235. The van der Waals surface area contributed by atoms with E-state index in [1.807, 2.05) is 18.2 Å². The first-order valence-electron chi connectivity index (χ1n) is 8.16. The minimum atomic E-state index is -3.72. The predicted octanol–water partition coefficient (Wildman–Crippen LogP) is 2.90. The van der Waals surface area contributed by atoms with Gasteiger partial charge in [0.2, 0.25) is 4.34 Å². The smallest absolute Gasteiger partial charge is 0.291 e. The summed E-state index contributed by atoms with van der Waals surface area (Å²) in [4.78, 5) is 22.5. The summed E-state index contributed by atoms with van der Waals surface area (Å²) in [5.41, 5.74) is 2.09. The van der Waals surface area contributed by atoms with Gasteiger partial charge in [-0.2, -0.15) is 8.42 Å². The molecule has 0 aliphatic carbocycles. The van der Waals surface area contributed by atoms with Gasteiger partial charge in [-0.05, 0) is 12.1 Å². The van der Waals surface area contributed by atoms with Crippen molar-refractivity contribution in [2.45, 2.75) is 16.0 Å². The van der Waals surface area contributed by atoms with Gasteiger partial charge in [0.25, 0.3) is 10.0 Å². The highest BCUT2D eigenvalue weighted by atomic mass is 32.2. The number of thioether (sulfide) groups is 1. The number of hydrogen-bond donors (Lipinski definition) is 1. The van der Waals surface area contributed by atoms with Crippen molar-refractivity contribution in [1.29, 1.82) is 0 Å². The molecule has 0 saturated carbocycles. The summed E-state index contributed by atoms with van der Waals surface area (Å²) in [6.45, 7) is 0.610. The first-order chi connectivity index (χ1) is 13.0. The molecule has 1 aromatic carbocycles. The first-order valence-corrected chi connectivity index (χ1v) is 11.4. The van der Waals surface area contributed by atoms with Crippen LogP contribution in [0.2, 0.25) is 0 Å². The molecule has 3 heterocycles. The lowest BCUT2D eigenvalue weighted by atomic mass is 10.2. The number of aldehydes is 1. The predicted molar refractivity (Wildman–Crippen MR) is 109 cm³/mol. The summed E-state index contributed by atoms with van der Waals surface area (Å²) < 4.78 is 26.9. The number of nitrogens with one attached hydrogen (secondary N) is 1. The Morgan fingerprint density at radius 2 is 2.26 bits per heavy atom. The quantitative estimate of drug-likeness (QED) is 0.619. The van der Waals surface area contributed by atoms with E-state index in [0.29, 0.717) is 18.7 Å². The molecular formula is C17H16N4O3S3. The molecule has 140 valence electrons. The molecule has 3 aromatic rings. The Balaban J connectivity index is 1.71. The van der Waals surface area contributed by atoms with Gasteiger partial charge in [0, 0.05) is 35.7 Å². The third kappa shape index (κ3) is 3.28. The molecule has 0 spiro atoms. The van der Waals surface area contributed by atoms with Crippen LogP contribution < -0.4 is 4.31 Å². The van der Waals surface area contributed by atoms with E-state index >= 15 is 0 Å². The van der Waals surface area contributed by atoms with Crippen molar-refractivity contribution in [3.63, 3.8) is 0 Å². The van der Waals surface area contributed by atoms with Crippen LogP contribution in [0.25, 0.3) is 10.9 Å². The zero-order valence-corrected chi connectivity index (χ0v) is 16.8. The van der Waals surface area contributed by atoms with E-state index in [1.54, 1.807) is 23.2 Å². The van der Waals surface area contributed by atoms with Crippen LogP contribution in [0.5, 0.6) is 0 Å². The summed E-state index contributed by atoms with van der Waals surface area (Å²) >= 11 is 2.66. The van der Waals surface area contributed by atoms with Crippen LogP contribution in [0.1, 0.15) is 12.1 Å². The number of para-hydroxylation sites is 1. The number of rotatable bonds is 6. The summed E-state index contributed by atoms with van der Waals surface area (Å²) in [6.07, 6.45) is 2.86. The molecule has 0 saturated heterocycles. The number of anilines is 1. The largest absolute Gasteiger partial charge is 0.351 e. The van der Waals surface area contributed by atoms with Crippen LogP contribution in [0, 0.1) is 0 Å². The lowest BCUT2D eigenvalue weighted by molar-refractivity contribution is -0.107. The van der Waals surface area contributed by atoms with Crippen molar-refractivity contribution in [3.05, 3.63) is 41.5 Å². The maximum atomic E-state index is 12.8. The van der Waals surface area contributed by atoms with Crippen LogP contribution >= 0.6 is 23.1 Å². The number of hydrogen-bond acceptors (Lipinski definition) is 7. The van der Waals surface area contributed by atoms with Crippen molar-refractivity contribution in [1.82, 2.24) is 9.97 Å². The second-order valence-corrected chi connectivity index (χ2v) is 10.3. The molecule has 7 nitrogen and oxygen atoms in total. The van der Waals surface area contributed by atoms with Crippen molar-refractivity contribution >= 4 is 61.0 Å². The topological polar surface area (TPSA) is 95.5 Å². The van der Waals surface area contributed by atoms with E-state index in [9.17, 15) is 13.2 Å². The van der Waals surface area contributed by atoms with Crippen molar-refractivity contribution < 1.29 is 13.2 Å². The Morgan fingerprint density at radius 3 is 3.00 bits per heavy atom. The molecule has 1 aliphatic heterocycles. The van der Waals surface area contributed by atoms with Gasteiger partial charge in [-0.25, -0.2) is 4.98 Å². The molecule has 0 fully saturated rings. The second kappa shape index (κ2) is 7.10. The fourth-order valence-electron chi connectivity index (χ4n) is 2.90. The minimum Gasteiger partial charge on any atom is -0.351 e. The number of fused-ring (bicyclic) bond motifs is 1. The van der Waals surface area contributed by atoms with Crippen LogP contribution in [-0.2, 0) is 14.8 Å². The summed E-state index contributed by atoms with van der Waals surface area (Å²) in [7, 11) is -2.20. The average Bonchev–Trinajstić information content (AvgIpc) is 3.39. The fourth-order valence-corrected chi connectivity index (χ4v) is 6.11. The average molecular weight is 421 g/mol. The molecule has 4 rings (SSSR count). The van der Waals surface area contributed by atoms with Crippen LogP contribution in [0.4, 0.5) is 5.69 Å². The SMILES string of the molecule is CN(c1cccc2cc(C3=NCC(CC=O)S3)[nH]c12)S(=O)(=O)c1nccs1. The van der Waals surface area contributed by atoms with E-state index in [0.717, 1.165) is 39.3 Å². The molecule has 0 amide bonds. The molecule has 1 unspecified atom stereocenters. The Morgan fingerprint density at radius 1 is 1.41 bits per heavy atom. The van der Waals surface area contributed by atoms with Gasteiger partial charge in [-0.15, -0.1) is 11.3 Å². The summed E-state index contributed by atoms with van der Waals surface area (Å²) in [5, 5.41) is 3.54. The van der Waals surface area contributed by atoms with Crippen LogP contribution in [0.15, 0.2) is 45.2 Å². The van der Waals surface area contributed by atoms with Gasteiger partial charge in [0.1, 0.15) is 11.3 Å². The van der Waals surface area contributed by atoms with E-state index in [4.69, 9.17) is 0 Å². The Hall–Kier alpha value is -2.17. The number of benzene rings is 1. The molecule has 2 aromatic heterocycles. The van der Waals surface area contributed by atoms with Gasteiger partial charge in [0.05, 0.1) is 23.4 Å². The van der Waals surface area contributed by atoms with Gasteiger partial charge in [0.15, 0.2) is 0 Å². The maximum Gasteiger partial charge on any atom is 0.291 e. The van der Waals surface area contributed by atoms with Gasteiger partial charge >= 0.3 is 0 Å². The molecule has 0 bridgehead atoms. The second-order valence-electron chi connectivity index (χ2n) is 5.98. The molecular weight excluding hydrogens is 404 g/mol. The monoisotopic (exact) mass is 420 g/mol. The van der Waals surface area contributed by atoms with Crippen LogP contribution in [0.3, 0.4) is 0 Å². The Kier molecular flexibility index (Phi) is 4.79. The number of carbonyl (C=O) groups is 1. The Bertz CT molecular complexity index is 1120. The number of H-pyrrole nitrogens is 1. The van der Waals surface area contributed by atoms with Crippen molar-refractivity contribution in [3.8, 4) is 0 Å². The highest BCUT2D eigenvalue weighted by Crippen LogP contribution is 2.33. The zero-order valence-electron chi connectivity index (χ0n) is 14.3. The highest BCUT2D eigenvalue weighted by Gasteiger charge is 2.27. The lowest BCUT2D eigenvalue weighted by Gasteiger charge is -2.18. The van der Waals surface area contributed by atoms with E-state index in [2.05, 4.69) is 15.0 Å². The van der Waals surface area contributed by atoms with Gasteiger partial charge < -0.3 is 9.78 Å². The Labute approximate surface area is 164 Å². The summed E-state index contributed by atoms with van der Waals surface area (Å²) in [5.74, 6) is 0. The molecule has 1 aliphatic rings. The number of aromatic amines is 1. The standard InChI is InChI=1S/C17H16N4O3S3/c1-21(27(23,24)17-18-6-8-25-17)14-4-2-3-11-9-13(20-15(11)14)16-19-10-12(26-16)5-7-22/h2-4,6-9,12,20H,5,10H2,1H3. The number of thiazole rings is 1. The van der Waals surface area contributed by atoms with Crippen molar-refractivity contribution in [2.24, 2.45) is 4.99 Å². The normalized spacial score (nSPS) is 17.2. The van der Waals surface area contributed by atoms with Gasteiger partial charge in [-0.1, -0.05) is 23.9 Å². The molecule has 27 heavy (non-hydrogen) atoms. The van der Waals surface area contributed by atoms with Crippen molar-refractivity contribution in [2.75, 3.05) is 17.9 Å². The zero-order chi connectivity index (χ0) is 19.0.